The number of benzene rings is 1. The van der Waals surface area contributed by atoms with Gasteiger partial charge in [0.2, 0.25) is 0 Å². The van der Waals surface area contributed by atoms with Crippen LogP contribution in [-0.2, 0) is 6.18 Å². The number of aromatic nitrogens is 3. The van der Waals surface area contributed by atoms with E-state index in [-0.39, 0.29) is 11.2 Å². The van der Waals surface area contributed by atoms with Crippen molar-refractivity contribution in [3.05, 3.63) is 41.9 Å². The number of nitrogens with one attached hydrogen (secondary N) is 1. The first-order valence-corrected chi connectivity index (χ1v) is 6.91. The van der Waals surface area contributed by atoms with Crippen molar-refractivity contribution < 1.29 is 17.9 Å². The highest BCUT2D eigenvalue weighted by atomic mass is 19.4. The molecule has 0 spiro atoms. The Kier molecular flexibility index (Phi) is 2.78. The molecule has 0 radical (unpaired) electrons. The van der Waals surface area contributed by atoms with Crippen LogP contribution in [0.25, 0.3) is 27.5 Å². The second kappa shape index (κ2) is 4.64. The maximum atomic E-state index is 13.2. The maximum Gasteiger partial charge on any atom is 0.433 e. The third kappa shape index (κ3) is 1.78. The van der Waals surface area contributed by atoms with Crippen molar-refractivity contribution in [2.24, 2.45) is 0 Å². The van der Waals surface area contributed by atoms with Gasteiger partial charge in [0.25, 0.3) is 0 Å². The zero-order valence-electron chi connectivity index (χ0n) is 12.3. The molecule has 1 aromatic carbocycles. The number of methoxy groups -OCH3 is 1. The molecule has 0 atom stereocenters. The molecule has 4 aromatic rings. The molecule has 0 amide bonds. The first kappa shape index (κ1) is 14.4. The van der Waals surface area contributed by atoms with Gasteiger partial charge >= 0.3 is 6.18 Å². The molecule has 120 valence electrons. The van der Waals surface area contributed by atoms with E-state index in [1.165, 1.54) is 7.11 Å². The lowest BCUT2D eigenvalue weighted by molar-refractivity contribution is -0.141. The quantitative estimate of drug-likeness (QED) is 0.576. The third-order valence-electron chi connectivity index (χ3n) is 3.97. The normalized spacial score (nSPS) is 12.1. The molecule has 3 aromatic heterocycles. The van der Waals surface area contributed by atoms with Crippen LogP contribution < -0.4 is 4.74 Å². The van der Waals surface area contributed by atoms with Gasteiger partial charge in [0.15, 0.2) is 0 Å². The lowest BCUT2D eigenvalue weighted by Crippen LogP contribution is -2.09. The Balaban J connectivity index is 2.27. The number of aromatic amines is 1. The second-order valence-corrected chi connectivity index (χ2v) is 5.25. The van der Waals surface area contributed by atoms with E-state index < -0.39 is 11.9 Å². The number of imidazole rings is 1. The number of rotatable bonds is 1. The smallest absolute Gasteiger partial charge is 0.433 e. The zero-order chi connectivity index (χ0) is 17.1. The average molecular weight is 330 g/mol. The molecule has 4 rings (SSSR count). The van der Waals surface area contributed by atoms with E-state index in [4.69, 9.17) is 4.74 Å². The summed E-state index contributed by atoms with van der Waals surface area (Å²) in [5.41, 5.74) is 0.350. The topological polar surface area (TPSA) is 66.1 Å². The van der Waals surface area contributed by atoms with Crippen LogP contribution in [0.3, 0.4) is 0 Å². The Labute approximate surface area is 132 Å². The van der Waals surface area contributed by atoms with Crippen LogP contribution in [0.2, 0.25) is 0 Å². The van der Waals surface area contributed by atoms with Crippen LogP contribution in [0.4, 0.5) is 13.2 Å². The lowest BCUT2D eigenvalue weighted by Gasteiger charge is -2.06. The highest BCUT2D eigenvalue weighted by Crippen LogP contribution is 2.37. The summed E-state index contributed by atoms with van der Waals surface area (Å²) >= 11 is 0. The molecule has 0 aliphatic carbocycles. The van der Waals surface area contributed by atoms with Crippen molar-refractivity contribution in [1.82, 2.24) is 14.4 Å². The molecule has 0 aliphatic rings. The number of alkyl halides is 3. The van der Waals surface area contributed by atoms with Crippen molar-refractivity contribution >= 4 is 27.5 Å². The average Bonchev–Trinajstić information content (AvgIpc) is 3.13. The number of fused-ring (bicyclic) bond motifs is 5. The molecule has 8 heteroatoms. The highest BCUT2D eigenvalue weighted by molar-refractivity contribution is 6.16. The van der Waals surface area contributed by atoms with Gasteiger partial charge in [-0.2, -0.15) is 18.4 Å². The minimum atomic E-state index is -4.57. The summed E-state index contributed by atoms with van der Waals surface area (Å²) in [5, 5.41) is 10.5. The molecule has 0 bridgehead atoms. The Morgan fingerprint density at radius 2 is 2.08 bits per heavy atom. The van der Waals surface area contributed by atoms with Gasteiger partial charge in [-0.3, -0.25) is 4.40 Å². The Morgan fingerprint density at radius 1 is 1.29 bits per heavy atom. The van der Waals surface area contributed by atoms with Crippen LogP contribution in [0.1, 0.15) is 11.3 Å². The van der Waals surface area contributed by atoms with Gasteiger partial charge in [-0.25, -0.2) is 4.98 Å². The van der Waals surface area contributed by atoms with E-state index in [1.54, 1.807) is 18.2 Å². The largest absolute Gasteiger partial charge is 0.495 e. The number of para-hydroxylation sites is 1. The Morgan fingerprint density at radius 3 is 2.75 bits per heavy atom. The molecule has 0 saturated carbocycles. The Hall–Kier alpha value is -3.21. The molecule has 1 N–H and O–H groups in total. The van der Waals surface area contributed by atoms with E-state index in [1.807, 2.05) is 6.07 Å². The van der Waals surface area contributed by atoms with Crippen LogP contribution in [0, 0.1) is 11.3 Å². The number of H-pyrrole nitrogens is 1. The summed E-state index contributed by atoms with van der Waals surface area (Å²) < 4.78 is 45.7. The fourth-order valence-electron chi connectivity index (χ4n) is 2.96. The van der Waals surface area contributed by atoms with E-state index in [9.17, 15) is 18.4 Å². The predicted molar refractivity (Wildman–Crippen MR) is 80.8 cm³/mol. The Bertz CT molecular complexity index is 1150. The first-order valence-electron chi connectivity index (χ1n) is 6.91. The fraction of sp³-hybridized carbons (Fsp3) is 0.125. The minimum Gasteiger partial charge on any atom is -0.495 e. The summed E-state index contributed by atoms with van der Waals surface area (Å²) in [5.74, 6) is 0.536. The summed E-state index contributed by atoms with van der Waals surface area (Å²) in [6.45, 7) is 0. The van der Waals surface area contributed by atoms with Gasteiger partial charge in [-0.05, 0) is 6.07 Å². The molecule has 5 nitrogen and oxygen atoms in total. The summed E-state index contributed by atoms with van der Waals surface area (Å²) in [7, 11) is 1.50. The maximum absolute atomic E-state index is 13.2. The van der Waals surface area contributed by atoms with Crippen LogP contribution in [0.5, 0.6) is 5.75 Å². The minimum absolute atomic E-state index is 0.0965. The van der Waals surface area contributed by atoms with Crippen LogP contribution in [0.15, 0.2) is 30.6 Å². The van der Waals surface area contributed by atoms with Crippen molar-refractivity contribution in [2.45, 2.75) is 6.18 Å². The van der Waals surface area contributed by atoms with Crippen LogP contribution in [-0.4, -0.2) is 21.5 Å². The standard InChI is InChI=1S/C16H9F3N4O/c1-24-10-4-2-3-9-12-13(22-14(9)10)8(5-20)7-23-11(16(17,18)19)6-21-15(12)23/h2-4,6-7,22H,1H3. The number of pyridine rings is 1. The summed E-state index contributed by atoms with van der Waals surface area (Å²) in [6.07, 6.45) is -2.64. The number of ether oxygens (including phenoxy) is 1. The summed E-state index contributed by atoms with van der Waals surface area (Å²) in [6, 6.07) is 7.15. The molecule has 0 fully saturated rings. The van der Waals surface area contributed by atoms with Gasteiger partial charge in [0.1, 0.15) is 23.2 Å². The van der Waals surface area contributed by atoms with Gasteiger partial charge < -0.3 is 9.72 Å². The lowest BCUT2D eigenvalue weighted by atomic mass is 10.1. The molecular formula is C16H9F3N4O. The molecule has 0 saturated heterocycles. The van der Waals surface area contributed by atoms with Gasteiger partial charge in [-0.15, -0.1) is 0 Å². The molecule has 3 heterocycles. The van der Waals surface area contributed by atoms with Crippen LogP contribution >= 0.6 is 0 Å². The zero-order valence-corrected chi connectivity index (χ0v) is 12.3. The molecule has 0 aliphatic heterocycles. The molecule has 24 heavy (non-hydrogen) atoms. The summed E-state index contributed by atoms with van der Waals surface area (Å²) in [4.78, 5) is 7.01. The first-order chi connectivity index (χ1) is 11.5. The number of nitrogens with zero attached hydrogens (tertiary/aromatic N) is 3. The van der Waals surface area contributed by atoms with E-state index in [0.29, 0.717) is 27.6 Å². The van der Waals surface area contributed by atoms with Crippen molar-refractivity contribution in [1.29, 1.82) is 5.26 Å². The van der Waals surface area contributed by atoms with E-state index in [2.05, 4.69) is 9.97 Å². The van der Waals surface area contributed by atoms with Gasteiger partial charge in [0, 0.05) is 11.6 Å². The number of nitriles is 1. The molecule has 0 unspecified atom stereocenters. The van der Waals surface area contributed by atoms with E-state index >= 15 is 0 Å². The highest BCUT2D eigenvalue weighted by Gasteiger charge is 2.35. The van der Waals surface area contributed by atoms with Gasteiger partial charge in [0.05, 0.1) is 35.3 Å². The number of hydrogen-bond donors (Lipinski definition) is 1. The second-order valence-electron chi connectivity index (χ2n) is 5.25. The van der Waals surface area contributed by atoms with E-state index in [0.717, 1.165) is 16.8 Å². The van der Waals surface area contributed by atoms with Crippen molar-refractivity contribution in [3.8, 4) is 11.8 Å². The monoisotopic (exact) mass is 330 g/mol. The third-order valence-corrected chi connectivity index (χ3v) is 3.97. The molecular weight excluding hydrogens is 321 g/mol. The fourth-order valence-corrected chi connectivity index (χ4v) is 2.96. The predicted octanol–water partition coefficient (Wildman–Crippen LogP) is 3.87. The van der Waals surface area contributed by atoms with Crippen molar-refractivity contribution in [3.63, 3.8) is 0 Å². The van der Waals surface area contributed by atoms with Crippen molar-refractivity contribution in [2.75, 3.05) is 7.11 Å². The number of hydrogen-bond acceptors (Lipinski definition) is 3. The SMILES string of the molecule is COc1cccc2c1[nH]c1c(C#N)cn3c(C(F)(F)F)cnc3c12. The van der Waals surface area contributed by atoms with Gasteiger partial charge in [-0.1, -0.05) is 12.1 Å². The number of halogens is 3.